The molecule has 0 saturated heterocycles. The Bertz CT molecular complexity index is 601. The van der Waals surface area contributed by atoms with E-state index in [4.69, 9.17) is 4.42 Å². The number of aromatic amines is 1. The highest BCUT2D eigenvalue weighted by atomic mass is 79.9. The predicted molar refractivity (Wildman–Crippen MR) is 80.1 cm³/mol. The number of nitrogens with one attached hydrogen (secondary N) is 2. The van der Waals surface area contributed by atoms with Crippen molar-refractivity contribution in [1.29, 1.82) is 0 Å². The minimum Gasteiger partial charge on any atom is -0.450 e. The van der Waals surface area contributed by atoms with E-state index in [0.717, 1.165) is 18.5 Å². The van der Waals surface area contributed by atoms with E-state index in [9.17, 15) is 4.79 Å². The van der Waals surface area contributed by atoms with Gasteiger partial charge in [-0.2, -0.15) is 5.10 Å². The highest BCUT2D eigenvalue weighted by Crippen LogP contribution is 2.14. The standard InChI is InChI=1S/C14H16BrN3O2/c1-10-11(9-17-18-10)3-2-8-16-14(19)7-5-12-4-6-13(15)20-12/h4-7,9H,2-3,8H2,1H3,(H,16,19)(H,17,18). The van der Waals surface area contributed by atoms with Crippen LogP contribution in [-0.2, 0) is 11.2 Å². The van der Waals surface area contributed by atoms with E-state index in [-0.39, 0.29) is 5.91 Å². The normalized spacial score (nSPS) is 11.1. The van der Waals surface area contributed by atoms with E-state index < -0.39 is 0 Å². The Hall–Kier alpha value is -1.82. The Morgan fingerprint density at radius 2 is 2.40 bits per heavy atom. The molecule has 5 nitrogen and oxygen atoms in total. The van der Waals surface area contributed by atoms with Gasteiger partial charge in [-0.25, -0.2) is 0 Å². The van der Waals surface area contributed by atoms with Gasteiger partial charge in [-0.1, -0.05) is 0 Å². The van der Waals surface area contributed by atoms with E-state index in [1.54, 1.807) is 18.2 Å². The molecular weight excluding hydrogens is 322 g/mol. The lowest BCUT2D eigenvalue weighted by Crippen LogP contribution is -2.22. The summed E-state index contributed by atoms with van der Waals surface area (Å²) in [6, 6.07) is 3.57. The molecule has 0 unspecified atom stereocenters. The molecule has 0 saturated carbocycles. The van der Waals surface area contributed by atoms with Crippen LogP contribution in [0.4, 0.5) is 0 Å². The molecule has 2 rings (SSSR count). The number of carbonyl (C=O) groups is 1. The van der Waals surface area contributed by atoms with Crippen LogP contribution in [0.3, 0.4) is 0 Å². The van der Waals surface area contributed by atoms with Gasteiger partial charge >= 0.3 is 0 Å². The molecule has 0 bridgehead atoms. The first-order valence-electron chi connectivity index (χ1n) is 6.35. The number of H-pyrrole nitrogens is 1. The van der Waals surface area contributed by atoms with E-state index in [2.05, 4.69) is 31.4 Å². The fourth-order valence-electron chi connectivity index (χ4n) is 1.75. The second-order valence-corrected chi connectivity index (χ2v) is 5.17. The second kappa shape index (κ2) is 7.09. The number of furan rings is 1. The van der Waals surface area contributed by atoms with Gasteiger partial charge in [0.15, 0.2) is 4.67 Å². The molecule has 0 aliphatic heterocycles. The highest BCUT2D eigenvalue weighted by Gasteiger charge is 2.01. The molecule has 0 radical (unpaired) electrons. The molecule has 6 heteroatoms. The summed E-state index contributed by atoms with van der Waals surface area (Å²) in [5.74, 6) is 0.516. The average Bonchev–Trinajstić information content (AvgIpc) is 3.01. The number of halogens is 1. The number of amides is 1. The van der Waals surface area contributed by atoms with Gasteiger partial charge in [0.25, 0.3) is 0 Å². The van der Waals surface area contributed by atoms with Crippen molar-refractivity contribution in [3.63, 3.8) is 0 Å². The molecule has 2 aromatic rings. The van der Waals surface area contributed by atoms with Gasteiger partial charge in [-0.05, 0) is 59.5 Å². The first kappa shape index (κ1) is 14.6. The van der Waals surface area contributed by atoms with Crippen molar-refractivity contribution in [1.82, 2.24) is 15.5 Å². The van der Waals surface area contributed by atoms with E-state index in [1.807, 2.05) is 13.1 Å². The van der Waals surface area contributed by atoms with Crippen molar-refractivity contribution in [2.75, 3.05) is 6.54 Å². The van der Waals surface area contributed by atoms with Gasteiger partial charge in [0, 0.05) is 18.3 Å². The third-order valence-corrected chi connectivity index (χ3v) is 3.28. The third-order valence-electron chi connectivity index (χ3n) is 2.85. The molecule has 2 aromatic heterocycles. The minimum atomic E-state index is -0.124. The van der Waals surface area contributed by atoms with E-state index in [1.165, 1.54) is 11.6 Å². The van der Waals surface area contributed by atoms with Crippen molar-refractivity contribution in [3.05, 3.63) is 46.1 Å². The summed E-state index contributed by atoms with van der Waals surface area (Å²) in [7, 11) is 0. The number of aryl methyl sites for hydroxylation is 2. The molecule has 0 aliphatic rings. The minimum absolute atomic E-state index is 0.124. The molecule has 106 valence electrons. The van der Waals surface area contributed by atoms with Crippen molar-refractivity contribution >= 4 is 27.9 Å². The molecule has 0 aliphatic carbocycles. The highest BCUT2D eigenvalue weighted by molar-refractivity contribution is 9.10. The maximum absolute atomic E-state index is 11.6. The van der Waals surface area contributed by atoms with E-state index in [0.29, 0.717) is 17.0 Å². The van der Waals surface area contributed by atoms with Crippen LogP contribution in [0.5, 0.6) is 0 Å². The summed E-state index contributed by atoms with van der Waals surface area (Å²) in [5, 5.41) is 9.69. The van der Waals surface area contributed by atoms with Gasteiger partial charge in [0.05, 0.1) is 6.20 Å². The molecule has 0 fully saturated rings. The Kier molecular flexibility index (Phi) is 5.17. The number of nitrogens with zero attached hydrogens (tertiary/aromatic N) is 1. The topological polar surface area (TPSA) is 70.9 Å². The number of rotatable bonds is 6. The average molecular weight is 338 g/mol. The summed E-state index contributed by atoms with van der Waals surface area (Å²) in [4.78, 5) is 11.6. The van der Waals surface area contributed by atoms with Crippen LogP contribution < -0.4 is 5.32 Å². The molecule has 20 heavy (non-hydrogen) atoms. The number of hydrogen-bond acceptors (Lipinski definition) is 3. The van der Waals surface area contributed by atoms with Crippen LogP contribution in [0.15, 0.2) is 33.5 Å². The molecular formula is C14H16BrN3O2. The summed E-state index contributed by atoms with van der Waals surface area (Å²) < 4.78 is 5.91. The number of hydrogen-bond donors (Lipinski definition) is 2. The van der Waals surface area contributed by atoms with Crippen LogP contribution in [0.2, 0.25) is 0 Å². The fourth-order valence-corrected chi connectivity index (χ4v) is 2.07. The fraction of sp³-hybridized carbons (Fsp3) is 0.286. The zero-order valence-corrected chi connectivity index (χ0v) is 12.7. The monoisotopic (exact) mass is 337 g/mol. The maximum Gasteiger partial charge on any atom is 0.244 e. The maximum atomic E-state index is 11.6. The lowest BCUT2D eigenvalue weighted by molar-refractivity contribution is -0.116. The molecule has 2 N–H and O–H groups in total. The summed E-state index contributed by atoms with van der Waals surface area (Å²) in [5.41, 5.74) is 2.27. The van der Waals surface area contributed by atoms with E-state index >= 15 is 0 Å². The Labute approximate surface area is 125 Å². The molecule has 1 amide bonds. The lowest BCUT2D eigenvalue weighted by atomic mass is 10.1. The smallest absolute Gasteiger partial charge is 0.244 e. The van der Waals surface area contributed by atoms with Crippen LogP contribution in [-0.4, -0.2) is 22.6 Å². The predicted octanol–water partition coefficient (Wildman–Crippen LogP) is 2.84. The quantitative estimate of drug-likeness (QED) is 0.628. The Balaban J connectivity index is 1.68. The van der Waals surface area contributed by atoms with Crippen LogP contribution >= 0.6 is 15.9 Å². The van der Waals surface area contributed by atoms with Crippen molar-refractivity contribution in [3.8, 4) is 0 Å². The Morgan fingerprint density at radius 1 is 1.55 bits per heavy atom. The summed E-state index contributed by atoms with van der Waals surface area (Å²) in [6.07, 6.45) is 6.71. The van der Waals surface area contributed by atoms with Crippen LogP contribution in [0, 0.1) is 6.92 Å². The van der Waals surface area contributed by atoms with Crippen LogP contribution in [0.1, 0.15) is 23.4 Å². The zero-order chi connectivity index (χ0) is 14.4. The van der Waals surface area contributed by atoms with Gasteiger partial charge in [0.2, 0.25) is 5.91 Å². The van der Waals surface area contributed by atoms with Crippen molar-refractivity contribution in [2.24, 2.45) is 0 Å². The van der Waals surface area contributed by atoms with Crippen molar-refractivity contribution < 1.29 is 9.21 Å². The number of aromatic nitrogens is 2. The molecule has 0 atom stereocenters. The van der Waals surface area contributed by atoms with Gasteiger partial charge < -0.3 is 9.73 Å². The second-order valence-electron chi connectivity index (χ2n) is 4.39. The first-order chi connectivity index (χ1) is 9.65. The molecule has 0 spiro atoms. The van der Waals surface area contributed by atoms with Gasteiger partial charge in [-0.3, -0.25) is 9.89 Å². The number of carbonyl (C=O) groups excluding carboxylic acids is 1. The third kappa shape index (κ3) is 4.38. The van der Waals surface area contributed by atoms with Crippen molar-refractivity contribution in [2.45, 2.75) is 19.8 Å². The van der Waals surface area contributed by atoms with Gasteiger partial charge in [0.1, 0.15) is 5.76 Å². The molecule has 0 aromatic carbocycles. The molecule has 2 heterocycles. The first-order valence-corrected chi connectivity index (χ1v) is 7.14. The largest absolute Gasteiger partial charge is 0.450 e. The zero-order valence-electron chi connectivity index (χ0n) is 11.1. The SMILES string of the molecule is Cc1[nH]ncc1CCCNC(=O)C=Cc1ccc(Br)o1. The van der Waals surface area contributed by atoms with Gasteiger partial charge in [-0.15, -0.1) is 0 Å². The summed E-state index contributed by atoms with van der Waals surface area (Å²) in [6.45, 7) is 2.63. The van der Waals surface area contributed by atoms with Crippen LogP contribution in [0.25, 0.3) is 6.08 Å². The Morgan fingerprint density at radius 3 is 3.05 bits per heavy atom. The lowest BCUT2D eigenvalue weighted by Gasteiger charge is -2.01. The summed E-state index contributed by atoms with van der Waals surface area (Å²) >= 11 is 3.21.